The van der Waals surface area contributed by atoms with Gasteiger partial charge in [-0.15, -0.1) is 0 Å². The van der Waals surface area contributed by atoms with E-state index in [9.17, 15) is 4.79 Å². The van der Waals surface area contributed by atoms with Gasteiger partial charge in [0, 0.05) is 22.7 Å². The molecule has 4 rings (SSSR count). The zero-order valence-electron chi connectivity index (χ0n) is 18.2. The Morgan fingerprint density at radius 2 is 1.79 bits per heavy atom. The summed E-state index contributed by atoms with van der Waals surface area (Å²) in [5, 5.41) is 1.84. The monoisotopic (exact) mass is 496 g/mol. The molecule has 0 spiro atoms. The van der Waals surface area contributed by atoms with Crippen LogP contribution in [0.3, 0.4) is 0 Å². The predicted molar refractivity (Wildman–Crippen MR) is 138 cm³/mol. The van der Waals surface area contributed by atoms with Crippen molar-refractivity contribution in [1.29, 1.82) is 0 Å². The topological polar surface area (TPSA) is 41.9 Å². The summed E-state index contributed by atoms with van der Waals surface area (Å²) in [6, 6.07) is 20.9. The molecular weight excluding hydrogens is 475 g/mol. The van der Waals surface area contributed by atoms with Crippen LogP contribution in [0.2, 0.25) is 10.0 Å². The summed E-state index contributed by atoms with van der Waals surface area (Å²) in [5.41, 5.74) is 3.82. The molecule has 33 heavy (non-hydrogen) atoms. The molecule has 0 bridgehead atoms. The zero-order valence-corrected chi connectivity index (χ0v) is 20.5. The normalized spacial score (nSPS) is 16.1. The lowest BCUT2D eigenvalue weighted by molar-refractivity contribution is -0.121. The number of nitrogens with zero attached hydrogens (tertiary/aromatic N) is 2. The smallest absolute Gasteiger partial charge is 0.266 e. The van der Waals surface area contributed by atoms with Gasteiger partial charge in [-0.1, -0.05) is 66.5 Å². The summed E-state index contributed by atoms with van der Waals surface area (Å²) in [7, 11) is 1.75. The number of aryl methyl sites for hydroxylation is 1. The fourth-order valence-electron chi connectivity index (χ4n) is 3.29. The van der Waals surface area contributed by atoms with Crippen LogP contribution < -0.4 is 4.74 Å². The van der Waals surface area contributed by atoms with Crippen molar-refractivity contribution in [1.82, 2.24) is 4.90 Å². The van der Waals surface area contributed by atoms with Gasteiger partial charge in [0.25, 0.3) is 5.91 Å². The van der Waals surface area contributed by atoms with Crippen LogP contribution in [0.25, 0.3) is 6.08 Å². The maximum Gasteiger partial charge on any atom is 0.266 e. The SMILES string of the molecule is CCc1ccccc1N=C1S/C(=C/c2ccc(OCc3ccc(Cl)cc3Cl)cc2)C(=O)N1C. The van der Waals surface area contributed by atoms with Gasteiger partial charge < -0.3 is 4.74 Å². The predicted octanol–water partition coefficient (Wildman–Crippen LogP) is 7.37. The van der Waals surface area contributed by atoms with Gasteiger partial charge in [0.15, 0.2) is 5.17 Å². The van der Waals surface area contributed by atoms with Gasteiger partial charge in [-0.25, -0.2) is 4.99 Å². The molecule has 1 amide bonds. The van der Waals surface area contributed by atoms with Crippen LogP contribution in [-0.2, 0) is 17.8 Å². The Labute approximate surface area is 207 Å². The first-order valence-electron chi connectivity index (χ1n) is 10.5. The minimum Gasteiger partial charge on any atom is -0.489 e. The lowest BCUT2D eigenvalue weighted by Gasteiger charge is -2.09. The Balaban J connectivity index is 1.46. The van der Waals surface area contributed by atoms with Crippen molar-refractivity contribution in [2.75, 3.05) is 7.05 Å². The zero-order chi connectivity index (χ0) is 23.4. The highest BCUT2D eigenvalue weighted by molar-refractivity contribution is 8.18. The summed E-state index contributed by atoms with van der Waals surface area (Å²) in [4.78, 5) is 19.7. The average Bonchev–Trinajstić information content (AvgIpc) is 3.07. The largest absolute Gasteiger partial charge is 0.489 e. The second-order valence-corrected chi connectivity index (χ2v) is 9.30. The molecule has 1 aliphatic heterocycles. The maximum absolute atomic E-state index is 12.8. The van der Waals surface area contributed by atoms with Crippen LogP contribution in [0.15, 0.2) is 76.6 Å². The molecule has 7 heteroatoms. The molecule has 0 unspecified atom stereocenters. The standard InChI is InChI=1S/C26H22Cl2N2O2S/c1-3-18-6-4-5-7-23(18)29-26-30(2)25(31)24(33-26)14-17-8-12-21(13-9-17)32-16-19-10-11-20(27)15-22(19)28/h4-15H,3,16H2,1-2H3/b24-14+,29-26?. The first-order valence-corrected chi connectivity index (χ1v) is 12.0. The molecule has 168 valence electrons. The first-order chi connectivity index (χ1) is 15.9. The number of amidine groups is 1. The van der Waals surface area contributed by atoms with Crippen LogP contribution in [0.1, 0.15) is 23.6 Å². The molecule has 1 saturated heterocycles. The molecule has 1 aliphatic rings. The summed E-state index contributed by atoms with van der Waals surface area (Å²) in [5.74, 6) is 0.648. The van der Waals surface area contributed by atoms with Gasteiger partial charge in [-0.05, 0) is 65.7 Å². The number of aliphatic imine (C=N–C) groups is 1. The number of rotatable bonds is 6. The molecule has 0 aliphatic carbocycles. The first kappa shape index (κ1) is 23.4. The second kappa shape index (κ2) is 10.5. The van der Waals surface area contributed by atoms with Crippen LogP contribution >= 0.6 is 35.0 Å². The number of hydrogen-bond acceptors (Lipinski definition) is 4. The highest BCUT2D eigenvalue weighted by Crippen LogP contribution is 2.34. The Morgan fingerprint density at radius 3 is 2.52 bits per heavy atom. The summed E-state index contributed by atoms with van der Waals surface area (Å²) >= 11 is 13.5. The van der Waals surface area contributed by atoms with E-state index in [1.54, 1.807) is 24.1 Å². The van der Waals surface area contributed by atoms with E-state index in [4.69, 9.17) is 32.9 Å². The second-order valence-electron chi connectivity index (χ2n) is 7.44. The Morgan fingerprint density at radius 1 is 1.03 bits per heavy atom. The fraction of sp³-hybridized carbons (Fsp3) is 0.154. The third kappa shape index (κ3) is 5.61. The molecule has 0 radical (unpaired) electrons. The van der Waals surface area contributed by atoms with Crippen molar-refractivity contribution in [2.45, 2.75) is 20.0 Å². The number of benzene rings is 3. The summed E-state index contributed by atoms with van der Waals surface area (Å²) in [6.07, 6.45) is 2.76. The number of likely N-dealkylation sites (N-methyl/N-ethyl adjacent to an activating group) is 1. The number of carbonyl (C=O) groups excluding carboxylic acids is 1. The number of carbonyl (C=O) groups is 1. The minimum atomic E-state index is -0.0644. The highest BCUT2D eigenvalue weighted by Gasteiger charge is 2.30. The van der Waals surface area contributed by atoms with E-state index in [0.29, 0.717) is 32.5 Å². The maximum atomic E-state index is 12.8. The van der Waals surface area contributed by atoms with Crippen LogP contribution in [0.5, 0.6) is 5.75 Å². The van der Waals surface area contributed by atoms with Gasteiger partial charge in [-0.3, -0.25) is 9.69 Å². The summed E-state index contributed by atoms with van der Waals surface area (Å²) < 4.78 is 5.83. The molecule has 0 N–H and O–H groups in total. The number of ether oxygens (including phenoxy) is 1. The van der Waals surface area contributed by atoms with Crippen molar-refractivity contribution in [3.8, 4) is 5.75 Å². The van der Waals surface area contributed by atoms with Crippen molar-refractivity contribution in [2.24, 2.45) is 4.99 Å². The van der Waals surface area contributed by atoms with Gasteiger partial charge >= 0.3 is 0 Å². The third-order valence-corrected chi connectivity index (χ3v) is 6.83. The van der Waals surface area contributed by atoms with E-state index >= 15 is 0 Å². The lowest BCUT2D eigenvalue weighted by atomic mass is 10.1. The number of amides is 1. The molecular formula is C26H22Cl2N2O2S. The van der Waals surface area contributed by atoms with E-state index in [0.717, 1.165) is 28.8 Å². The number of para-hydroxylation sites is 1. The van der Waals surface area contributed by atoms with Gasteiger partial charge in [0.1, 0.15) is 12.4 Å². The average molecular weight is 497 g/mol. The Bertz CT molecular complexity index is 1240. The molecule has 3 aromatic carbocycles. The Hall–Kier alpha value is -2.73. The lowest BCUT2D eigenvalue weighted by Crippen LogP contribution is -2.23. The number of thioether (sulfide) groups is 1. The Kier molecular flexibility index (Phi) is 7.43. The van der Waals surface area contributed by atoms with Crippen molar-refractivity contribution >= 4 is 57.8 Å². The third-order valence-electron chi connectivity index (χ3n) is 5.18. The molecule has 0 atom stereocenters. The van der Waals surface area contributed by atoms with E-state index in [2.05, 4.69) is 13.0 Å². The summed E-state index contributed by atoms with van der Waals surface area (Å²) in [6.45, 7) is 2.44. The van der Waals surface area contributed by atoms with E-state index < -0.39 is 0 Å². The molecule has 4 nitrogen and oxygen atoms in total. The van der Waals surface area contributed by atoms with Crippen molar-refractivity contribution in [3.63, 3.8) is 0 Å². The van der Waals surface area contributed by atoms with Gasteiger partial charge in [0.05, 0.1) is 10.6 Å². The quantitative estimate of drug-likeness (QED) is 0.334. The molecule has 0 aromatic heterocycles. The van der Waals surface area contributed by atoms with Crippen LogP contribution in [0, 0.1) is 0 Å². The fourth-order valence-corrected chi connectivity index (χ4v) is 4.73. The highest BCUT2D eigenvalue weighted by atomic mass is 35.5. The molecule has 0 saturated carbocycles. The van der Waals surface area contributed by atoms with Crippen molar-refractivity contribution < 1.29 is 9.53 Å². The van der Waals surface area contributed by atoms with E-state index in [-0.39, 0.29) is 5.91 Å². The minimum absolute atomic E-state index is 0.0644. The van der Waals surface area contributed by atoms with Gasteiger partial charge in [0.2, 0.25) is 0 Å². The number of halogens is 2. The molecule has 1 fully saturated rings. The van der Waals surface area contributed by atoms with E-state index in [1.165, 1.54) is 11.8 Å². The van der Waals surface area contributed by atoms with E-state index in [1.807, 2.05) is 54.6 Å². The number of hydrogen-bond donors (Lipinski definition) is 0. The van der Waals surface area contributed by atoms with Crippen LogP contribution in [-0.4, -0.2) is 23.0 Å². The van der Waals surface area contributed by atoms with Crippen molar-refractivity contribution in [3.05, 3.63) is 98.4 Å². The molecule has 1 heterocycles. The van der Waals surface area contributed by atoms with Gasteiger partial charge in [-0.2, -0.15) is 0 Å². The van der Waals surface area contributed by atoms with Crippen LogP contribution in [0.4, 0.5) is 5.69 Å². The molecule has 3 aromatic rings.